The molecule has 20 heavy (non-hydrogen) atoms. The molecule has 2 atom stereocenters. The molecule has 108 valence electrons. The zero-order valence-corrected chi connectivity index (χ0v) is 12.7. The van der Waals surface area contributed by atoms with Crippen molar-refractivity contribution in [2.45, 2.75) is 32.5 Å². The highest BCUT2D eigenvalue weighted by Gasteiger charge is 2.22. The molecular weight excluding hydrogens is 248 g/mol. The van der Waals surface area contributed by atoms with Gasteiger partial charge in [-0.05, 0) is 26.5 Å². The topological polar surface area (TPSA) is 47.1 Å². The molecule has 4 nitrogen and oxygen atoms in total. The molecule has 0 aliphatic carbocycles. The fourth-order valence-electron chi connectivity index (χ4n) is 2.68. The summed E-state index contributed by atoms with van der Waals surface area (Å²) in [6, 6.07) is 8.81. The molecule has 4 heteroatoms. The van der Waals surface area contributed by atoms with Gasteiger partial charge in [0, 0.05) is 31.5 Å². The average Bonchev–Trinajstić information content (AvgIpc) is 2.74. The van der Waals surface area contributed by atoms with Gasteiger partial charge in [0.05, 0.1) is 6.54 Å². The van der Waals surface area contributed by atoms with Crippen LogP contribution in [0.2, 0.25) is 0 Å². The molecule has 0 spiro atoms. The lowest BCUT2D eigenvalue weighted by atomic mass is 9.98. The van der Waals surface area contributed by atoms with E-state index in [4.69, 9.17) is 5.73 Å². The van der Waals surface area contributed by atoms with Crippen molar-refractivity contribution in [3.63, 3.8) is 0 Å². The molecule has 2 N–H and O–H groups in total. The first-order valence-electron chi connectivity index (χ1n) is 6.97. The minimum absolute atomic E-state index is 0.0575. The third kappa shape index (κ3) is 3.26. The van der Waals surface area contributed by atoms with Crippen molar-refractivity contribution < 1.29 is 0 Å². The van der Waals surface area contributed by atoms with Gasteiger partial charge in [-0.2, -0.15) is 0 Å². The lowest BCUT2D eigenvalue weighted by Gasteiger charge is -2.31. The summed E-state index contributed by atoms with van der Waals surface area (Å²) in [5, 5.41) is 0. The van der Waals surface area contributed by atoms with E-state index in [1.165, 1.54) is 11.1 Å². The molecule has 0 aliphatic heterocycles. The summed E-state index contributed by atoms with van der Waals surface area (Å²) in [4.78, 5) is 6.65. The normalized spacial score (nSPS) is 14.5. The maximum atomic E-state index is 6.22. The third-order valence-corrected chi connectivity index (χ3v) is 3.67. The minimum Gasteiger partial charge on any atom is -0.337 e. The molecule has 0 aliphatic rings. The van der Waals surface area contributed by atoms with Crippen LogP contribution in [0.4, 0.5) is 0 Å². The first kappa shape index (κ1) is 14.8. The summed E-state index contributed by atoms with van der Waals surface area (Å²) in [7, 11) is 4.12. The van der Waals surface area contributed by atoms with Gasteiger partial charge in [0.2, 0.25) is 0 Å². The van der Waals surface area contributed by atoms with Crippen LogP contribution < -0.4 is 5.73 Å². The van der Waals surface area contributed by atoms with E-state index in [0.29, 0.717) is 0 Å². The van der Waals surface area contributed by atoms with Gasteiger partial charge in [-0.25, -0.2) is 4.98 Å². The number of nitrogens with zero attached hydrogens (tertiary/aromatic N) is 3. The van der Waals surface area contributed by atoms with Crippen molar-refractivity contribution in [2.75, 3.05) is 7.05 Å². The number of aromatic nitrogens is 2. The quantitative estimate of drug-likeness (QED) is 0.908. The van der Waals surface area contributed by atoms with Gasteiger partial charge in [-0.15, -0.1) is 0 Å². The van der Waals surface area contributed by atoms with Crippen LogP contribution in [0.5, 0.6) is 0 Å². The maximum Gasteiger partial charge on any atom is 0.122 e. The van der Waals surface area contributed by atoms with E-state index in [2.05, 4.69) is 55.0 Å². The van der Waals surface area contributed by atoms with Gasteiger partial charge >= 0.3 is 0 Å². The standard InChI is InChI=1S/C16H24N4/c1-12-6-5-7-14(10-12)16(13(2)17)20(4)11-15-18-8-9-19(15)3/h5-10,13,16H,11,17H2,1-4H3. The Morgan fingerprint density at radius 2 is 2.15 bits per heavy atom. The molecule has 0 saturated heterocycles. The van der Waals surface area contributed by atoms with Crippen LogP contribution in [0.1, 0.15) is 29.9 Å². The Morgan fingerprint density at radius 3 is 2.70 bits per heavy atom. The predicted molar refractivity (Wildman–Crippen MR) is 82.2 cm³/mol. The average molecular weight is 272 g/mol. The monoisotopic (exact) mass is 272 g/mol. The number of imidazole rings is 1. The van der Waals surface area contributed by atoms with Crippen molar-refractivity contribution in [1.82, 2.24) is 14.5 Å². The highest BCUT2D eigenvalue weighted by molar-refractivity contribution is 5.26. The van der Waals surface area contributed by atoms with Crippen LogP contribution in [0.25, 0.3) is 0 Å². The lowest BCUT2D eigenvalue weighted by Crippen LogP contribution is -2.37. The van der Waals surface area contributed by atoms with Crippen molar-refractivity contribution in [2.24, 2.45) is 12.8 Å². The second kappa shape index (κ2) is 6.20. The number of hydrogen-bond donors (Lipinski definition) is 1. The Balaban J connectivity index is 2.22. The molecule has 0 amide bonds. The summed E-state index contributed by atoms with van der Waals surface area (Å²) in [6.07, 6.45) is 3.80. The van der Waals surface area contributed by atoms with Gasteiger partial charge in [0.25, 0.3) is 0 Å². The number of hydrogen-bond acceptors (Lipinski definition) is 3. The maximum absolute atomic E-state index is 6.22. The van der Waals surface area contributed by atoms with Crippen LogP contribution in [0.15, 0.2) is 36.7 Å². The van der Waals surface area contributed by atoms with Crippen LogP contribution in [-0.2, 0) is 13.6 Å². The number of benzene rings is 1. The number of nitrogens with two attached hydrogens (primary N) is 1. The van der Waals surface area contributed by atoms with Gasteiger partial charge < -0.3 is 10.3 Å². The van der Waals surface area contributed by atoms with Crippen molar-refractivity contribution in [1.29, 1.82) is 0 Å². The summed E-state index contributed by atoms with van der Waals surface area (Å²) in [5.41, 5.74) is 8.74. The van der Waals surface area contributed by atoms with Crippen molar-refractivity contribution >= 4 is 0 Å². The molecule has 1 aromatic carbocycles. The first-order valence-corrected chi connectivity index (χ1v) is 6.97. The number of rotatable bonds is 5. The zero-order chi connectivity index (χ0) is 14.7. The Labute approximate surface area is 121 Å². The van der Waals surface area contributed by atoms with E-state index in [9.17, 15) is 0 Å². The Morgan fingerprint density at radius 1 is 1.40 bits per heavy atom. The fraction of sp³-hybridized carbons (Fsp3) is 0.438. The smallest absolute Gasteiger partial charge is 0.122 e. The van der Waals surface area contributed by atoms with Gasteiger partial charge in [-0.1, -0.05) is 29.8 Å². The molecule has 1 heterocycles. The SMILES string of the molecule is Cc1cccc(C(C(C)N)N(C)Cc2nccn2C)c1. The van der Waals surface area contributed by atoms with E-state index in [0.717, 1.165) is 12.4 Å². The Hall–Kier alpha value is -1.65. The third-order valence-electron chi connectivity index (χ3n) is 3.67. The van der Waals surface area contributed by atoms with E-state index in [-0.39, 0.29) is 12.1 Å². The molecule has 2 rings (SSSR count). The van der Waals surface area contributed by atoms with Crippen LogP contribution in [-0.4, -0.2) is 27.5 Å². The molecule has 0 radical (unpaired) electrons. The Kier molecular flexibility index (Phi) is 4.57. The summed E-state index contributed by atoms with van der Waals surface area (Å²) in [6.45, 7) is 4.95. The van der Waals surface area contributed by atoms with E-state index in [1.807, 2.05) is 24.0 Å². The predicted octanol–water partition coefficient (Wildman–Crippen LogP) is 2.25. The van der Waals surface area contributed by atoms with Crippen molar-refractivity contribution in [3.05, 3.63) is 53.6 Å². The highest BCUT2D eigenvalue weighted by atomic mass is 15.2. The van der Waals surface area contributed by atoms with Crippen LogP contribution in [0.3, 0.4) is 0 Å². The zero-order valence-electron chi connectivity index (χ0n) is 12.7. The van der Waals surface area contributed by atoms with Crippen LogP contribution in [0, 0.1) is 6.92 Å². The minimum atomic E-state index is 0.0575. The molecule has 0 fully saturated rings. The number of aryl methyl sites for hydroxylation is 2. The fourth-order valence-corrected chi connectivity index (χ4v) is 2.68. The largest absolute Gasteiger partial charge is 0.337 e. The van der Waals surface area contributed by atoms with Crippen LogP contribution >= 0.6 is 0 Å². The van der Waals surface area contributed by atoms with Gasteiger partial charge in [0.15, 0.2) is 0 Å². The summed E-state index contributed by atoms with van der Waals surface area (Å²) >= 11 is 0. The van der Waals surface area contributed by atoms with E-state index >= 15 is 0 Å². The van der Waals surface area contributed by atoms with E-state index in [1.54, 1.807) is 0 Å². The van der Waals surface area contributed by atoms with Crippen molar-refractivity contribution in [3.8, 4) is 0 Å². The molecule has 1 aromatic heterocycles. The lowest BCUT2D eigenvalue weighted by molar-refractivity contribution is 0.204. The van der Waals surface area contributed by atoms with E-state index < -0.39 is 0 Å². The molecule has 2 unspecified atom stereocenters. The Bertz CT molecular complexity index is 559. The summed E-state index contributed by atoms with van der Waals surface area (Å²) in [5.74, 6) is 1.05. The molecular formula is C16H24N4. The molecule has 0 saturated carbocycles. The second-order valence-electron chi connectivity index (χ2n) is 5.59. The number of likely N-dealkylation sites (N-methyl/N-ethyl adjacent to an activating group) is 1. The van der Waals surface area contributed by atoms with Gasteiger partial charge in [0.1, 0.15) is 5.82 Å². The summed E-state index contributed by atoms with van der Waals surface area (Å²) < 4.78 is 2.05. The molecule has 0 bridgehead atoms. The second-order valence-corrected chi connectivity index (χ2v) is 5.59. The molecule has 2 aromatic rings. The first-order chi connectivity index (χ1) is 9.49. The van der Waals surface area contributed by atoms with Gasteiger partial charge in [-0.3, -0.25) is 4.90 Å². The highest BCUT2D eigenvalue weighted by Crippen LogP contribution is 2.24.